The van der Waals surface area contributed by atoms with E-state index in [9.17, 15) is 0 Å². The first kappa shape index (κ1) is 18.3. The number of guanidine groups is 1. The third kappa shape index (κ3) is 5.53. The summed E-state index contributed by atoms with van der Waals surface area (Å²) in [5, 5.41) is 7.48. The first-order chi connectivity index (χ1) is 11.5. The number of nitrogens with one attached hydrogen (secondary N) is 2. The fourth-order valence-corrected chi connectivity index (χ4v) is 2.58. The van der Waals surface area contributed by atoms with Gasteiger partial charge in [-0.05, 0) is 29.8 Å². The Hall–Kier alpha value is -2.07. The van der Waals surface area contributed by atoms with Crippen LogP contribution in [-0.2, 0) is 11.8 Å². The SMILES string of the molecule is CN=C(NCCc1ccccn1)NCC(C)(C)c1cccc(Cl)c1. The third-order valence-corrected chi connectivity index (χ3v) is 4.16. The molecule has 0 aliphatic carbocycles. The van der Waals surface area contributed by atoms with Gasteiger partial charge in [-0.15, -0.1) is 0 Å². The summed E-state index contributed by atoms with van der Waals surface area (Å²) in [4.78, 5) is 8.60. The van der Waals surface area contributed by atoms with E-state index in [-0.39, 0.29) is 5.41 Å². The molecule has 2 N–H and O–H groups in total. The molecule has 0 saturated heterocycles. The predicted molar refractivity (Wildman–Crippen MR) is 102 cm³/mol. The van der Waals surface area contributed by atoms with Gasteiger partial charge in [0.1, 0.15) is 0 Å². The van der Waals surface area contributed by atoms with Crippen LogP contribution in [0, 0.1) is 0 Å². The highest BCUT2D eigenvalue weighted by Gasteiger charge is 2.21. The molecule has 0 radical (unpaired) electrons. The number of aliphatic imine (C=N–C) groups is 1. The summed E-state index contributed by atoms with van der Waals surface area (Å²) in [6.45, 7) is 5.92. The van der Waals surface area contributed by atoms with Gasteiger partial charge in [0.15, 0.2) is 5.96 Å². The van der Waals surface area contributed by atoms with Gasteiger partial charge in [-0.1, -0.05) is 43.6 Å². The largest absolute Gasteiger partial charge is 0.356 e. The lowest BCUT2D eigenvalue weighted by Crippen LogP contribution is -2.44. The van der Waals surface area contributed by atoms with Crippen LogP contribution in [0.5, 0.6) is 0 Å². The highest BCUT2D eigenvalue weighted by Crippen LogP contribution is 2.24. The normalized spacial score (nSPS) is 12.1. The highest BCUT2D eigenvalue weighted by molar-refractivity contribution is 6.30. The molecule has 4 nitrogen and oxygen atoms in total. The molecule has 2 aromatic rings. The first-order valence-electron chi connectivity index (χ1n) is 8.12. The van der Waals surface area contributed by atoms with Crippen LogP contribution in [0.4, 0.5) is 0 Å². The number of pyridine rings is 1. The Labute approximate surface area is 149 Å². The van der Waals surface area contributed by atoms with E-state index >= 15 is 0 Å². The third-order valence-electron chi connectivity index (χ3n) is 3.93. The Balaban J connectivity index is 1.84. The maximum atomic E-state index is 6.11. The molecule has 2 rings (SSSR count). The van der Waals surface area contributed by atoms with E-state index in [2.05, 4.69) is 40.5 Å². The minimum atomic E-state index is -0.0521. The Morgan fingerprint density at radius 3 is 2.67 bits per heavy atom. The van der Waals surface area contributed by atoms with Crippen LogP contribution in [0.3, 0.4) is 0 Å². The molecule has 0 aliphatic heterocycles. The summed E-state index contributed by atoms with van der Waals surface area (Å²) in [6.07, 6.45) is 2.68. The Morgan fingerprint density at radius 1 is 1.17 bits per heavy atom. The Kier molecular flexibility index (Phi) is 6.62. The summed E-state index contributed by atoms with van der Waals surface area (Å²) in [5.74, 6) is 0.793. The first-order valence-corrected chi connectivity index (χ1v) is 8.49. The van der Waals surface area contributed by atoms with E-state index in [0.717, 1.165) is 36.2 Å². The van der Waals surface area contributed by atoms with Gasteiger partial charge >= 0.3 is 0 Å². The lowest BCUT2D eigenvalue weighted by atomic mass is 9.84. The smallest absolute Gasteiger partial charge is 0.191 e. The van der Waals surface area contributed by atoms with Gasteiger partial charge in [0.05, 0.1) is 0 Å². The van der Waals surface area contributed by atoms with Gasteiger partial charge in [0.25, 0.3) is 0 Å². The number of rotatable bonds is 6. The van der Waals surface area contributed by atoms with Crippen molar-refractivity contribution in [3.8, 4) is 0 Å². The summed E-state index contributed by atoms with van der Waals surface area (Å²) < 4.78 is 0. The fourth-order valence-electron chi connectivity index (χ4n) is 2.39. The summed E-state index contributed by atoms with van der Waals surface area (Å²) in [6, 6.07) is 14.0. The van der Waals surface area contributed by atoms with Crippen LogP contribution in [0.15, 0.2) is 53.7 Å². The second-order valence-electron chi connectivity index (χ2n) is 6.32. The number of benzene rings is 1. The Bertz CT molecular complexity index is 668. The van der Waals surface area contributed by atoms with Crippen molar-refractivity contribution < 1.29 is 0 Å². The molecule has 1 aromatic heterocycles. The molecule has 0 amide bonds. The molecule has 128 valence electrons. The number of halogens is 1. The van der Waals surface area contributed by atoms with Crippen molar-refractivity contribution >= 4 is 17.6 Å². The summed E-state index contributed by atoms with van der Waals surface area (Å²) in [7, 11) is 1.78. The van der Waals surface area contributed by atoms with Gasteiger partial charge in [0, 0.05) is 48.9 Å². The van der Waals surface area contributed by atoms with Gasteiger partial charge in [-0.2, -0.15) is 0 Å². The zero-order valence-electron chi connectivity index (χ0n) is 14.5. The summed E-state index contributed by atoms with van der Waals surface area (Å²) in [5.41, 5.74) is 2.22. The van der Waals surface area contributed by atoms with Crippen molar-refractivity contribution in [2.45, 2.75) is 25.7 Å². The predicted octanol–water partition coefficient (Wildman–Crippen LogP) is 3.42. The van der Waals surface area contributed by atoms with Crippen molar-refractivity contribution in [2.75, 3.05) is 20.1 Å². The van der Waals surface area contributed by atoms with E-state index in [1.165, 1.54) is 5.56 Å². The van der Waals surface area contributed by atoms with Crippen molar-refractivity contribution in [3.63, 3.8) is 0 Å². The average molecular weight is 345 g/mol. The van der Waals surface area contributed by atoms with Gasteiger partial charge in [-0.25, -0.2) is 0 Å². The molecule has 5 heteroatoms. The number of aromatic nitrogens is 1. The maximum Gasteiger partial charge on any atom is 0.191 e. The zero-order chi connectivity index (χ0) is 17.4. The van der Waals surface area contributed by atoms with E-state index in [1.807, 2.05) is 42.6 Å². The lowest BCUT2D eigenvalue weighted by molar-refractivity contribution is 0.508. The van der Waals surface area contributed by atoms with Crippen molar-refractivity contribution in [2.24, 2.45) is 4.99 Å². The molecule has 0 atom stereocenters. The quantitative estimate of drug-likeness (QED) is 0.623. The molecule has 0 spiro atoms. The van der Waals surface area contributed by atoms with Crippen LogP contribution >= 0.6 is 11.6 Å². The topological polar surface area (TPSA) is 49.3 Å². The molecular weight excluding hydrogens is 320 g/mol. The number of nitrogens with zero attached hydrogens (tertiary/aromatic N) is 2. The molecule has 1 aromatic carbocycles. The second kappa shape index (κ2) is 8.69. The van der Waals surface area contributed by atoms with Gasteiger partial charge in [-0.3, -0.25) is 9.98 Å². The van der Waals surface area contributed by atoms with E-state index < -0.39 is 0 Å². The maximum absolute atomic E-state index is 6.11. The van der Waals surface area contributed by atoms with Crippen LogP contribution in [0.1, 0.15) is 25.1 Å². The molecule has 0 aliphatic rings. The molecular formula is C19H25ClN4. The molecule has 0 saturated carbocycles. The van der Waals surface area contributed by atoms with Crippen LogP contribution < -0.4 is 10.6 Å². The number of hydrogen-bond acceptors (Lipinski definition) is 2. The molecule has 0 fully saturated rings. The van der Waals surface area contributed by atoms with Gasteiger partial charge in [0.2, 0.25) is 0 Å². The van der Waals surface area contributed by atoms with Crippen LogP contribution in [0.2, 0.25) is 5.02 Å². The van der Waals surface area contributed by atoms with Crippen molar-refractivity contribution in [1.29, 1.82) is 0 Å². The minimum absolute atomic E-state index is 0.0521. The molecule has 0 unspecified atom stereocenters. The zero-order valence-corrected chi connectivity index (χ0v) is 15.3. The van der Waals surface area contributed by atoms with Crippen LogP contribution in [0.25, 0.3) is 0 Å². The van der Waals surface area contributed by atoms with E-state index in [0.29, 0.717) is 0 Å². The Morgan fingerprint density at radius 2 is 2.00 bits per heavy atom. The van der Waals surface area contributed by atoms with Gasteiger partial charge < -0.3 is 10.6 Å². The minimum Gasteiger partial charge on any atom is -0.356 e. The van der Waals surface area contributed by atoms with Crippen molar-refractivity contribution in [1.82, 2.24) is 15.6 Å². The molecule has 0 bridgehead atoms. The summed E-state index contributed by atoms with van der Waals surface area (Å²) >= 11 is 6.11. The second-order valence-corrected chi connectivity index (χ2v) is 6.75. The standard InChI is InChI=1S/C19H25ClN4/c1-19(2,15-7-6-8-16(20)13-15)14-24-18(21-3)23-12-10-17-9-4-5-11-22-17/h4-9,11,13H,10,12,14H2,1-3H3,(H2,21,23,24). The monoisotopic (exact) mass is 344 g/mol. The number of hydrogen-bond donors (Lipinski definition) is 2. The van der Waals surface area contributed by atoms with E-state index in [4.69, 9.17) is 11.6 Å². The van der Waals surface area contributed by atoms with Crippen molar-refractivity contribution in [3.05, 3.63) is 64.9 Å². The fraction of sp³-hybridized carbons (Fsp3) is 0.368. The lowest BCUT2D eigenvalue weighted by Gasteiger charge is -2.27. The molecule has 24 heavy (non-hydrogen) atoms. The highest BCUT2D eigenvalue weighted by atomic mass is 35.5. The van der Waals surface area contributed by atoms with E-state index in [1.54, 1.807) is 7.05 Å². The average Bonchev–Trinajstić information content (AvgIpc) is 2.59. The molecule has 1 heterocycles. The van der Waals surface area contributed by atoms with Crippen LogP contribution in [-0.4, -0.2) is 31.1 Å².